The first-order valence-corrected chi connectivity index (χ1v) is 11.2. The van der Waals surface area contributed by atoms with Crippen LogP contribution in [0, 0.1) is 13.8 Å². The zero-order chi connectivity index (χ0) is 21.7. The lowest BCUT2D eigenvalue weighted by Gasteiger charge is -2.11. The van der Waals surface area contributed by atoms with Crippen LogP contribution in [0.5, 0.6) is 11.5 Å². The Bertz CT molecular complexity index is 1180. The monoisotopic (exact) mass is 444 g/mol. The van der Waals surface area contributed by atoms with Crippen LogP contribution >= 0.6 is 11.3 Å². The van der Waals surface area contributed by atoms with E-state index in [1.54, 1.807) is 30.3 Å². The van der Waals surface area contributed by atoms with Crippen molar-refractivity contribution in [2.45, 2.75) is 18.7 Å². The number of carbonyl (C=O) groups excluding carboxylic acids is 1. The molecule has 0 radical (unpaired) electrons. The van der Waals surface area contributed by atoms with Gasteiger partial charge >= 0.3 is 10.1 Å². The van der Waals surface area contributed by atoms with E-state index < -0.39 is 10.1 Å². The lowest BCUT2D eigenvalue weighted by Crippen LogP contribution is -2.10. The van der Waals surface area contributed by atoms with Crippen molar-refractivity contribution in [1.29, 1.82) is 0 Å². The molecule has 156 valence electrons. The summed E-state index contributed by atoms with van der Waals surface area (Å²) in [7, 11) is -2.59. The summed E-state index contributed by atoms with van der Waals surface area (Å²) >= 11 is 1.34. The third-order valence-corrected chi connectivity index (χ3v) is 6.10. The predicted molar refractivity (Wildman–Crippen MR) is 117 cm³/mol. The van der Waals surface area contributed by atoms with Crippen LogP contribution in [0.3, 0.4) is 0 Å². The van der Waals surface area contributed by atoms with E-state index in [2.05, 4.69) is 10.3 Å². The highest BCUT2D eigenvalue weighted by molar-refractivity contribution is 7.87. The maximum atomic E-state index is 12.5. The Morgan fingerprint density at radius 3 is 2.47 bits per heavy atom. The van der Waals surface area contributed by atoms with Crippen LogP contribution in [0.15, 0.2) is 58.8 Å². The molecule has 1 aromatic heterocycles. The average Bonchev–Trinajstić information content (AvgIpc) is 3.11. The normalized spacial score (nSPS) is 11.4. The summed E-state index contributed by atoms with van der Waals surface area (Å²) in [6.07, 6.45) is 2.94. The molecular weight excluding hydrogens is 424 g/mol. The molecule has 0 fully saturated rings. The van der Waals surface area contributed by atoms with Gasteiger partial charge in [-0.05, 0) is 49.8 Å². The molecule has 0 saturated carbocycles. The number of nitrogens with one attached hydrogen (secondary N) is 1. The summed E-state index contributed by atoms with van der Waals surface area (Å²) in [5.74, 6) is -0.0488. The molecule has 0 saturated heterocycles. The van der Waals surface area contributed by atoms with Crippen LogP contribution in [-0.4, -0.2) is 26.4 Å². The van der Waals surface area contributed by atoms with E-state index >= 15 is 0 Å². The van der Waals surface area contributed by atoms with Gasteiger partial charge in [0.1, 0.15) is 4.90 Å². The molecule has 1 heterocycles. The number of ether oxygens (including phenoxy) is 1. The minimum atomic E-state index is -4.00. The van der Waals surface area contributed by atoms with Gasteiger partial charge in [0.25, 0.3) is 0 Å². The van der Waals surface area contributed by atoms with Crippen LogP contribution in [0.2, 0.25) is 0 Å². The van der Waals surface area contributed by atoms with E-state index in [-0.39, 0.29) is 22.3 Å². The number of anilines is 1. The summed E-state index contributed by atoms with van der Waals surface area (Å²) < 4.78 is 35.5. The Balaban J connectivity index is 1.74. The molecule has 7 nitrogen and oxygen atoms in total. The van der Waals surface area contributed by atoms with Gasteiger partial charge in [0.05, 0.1) is 12.8 Å². The Hall–Kier alpha value is -3.17. The molecule has 3 rings (SSSR count). The van der Waals surface area contributed by atoms with Gasteiger partial charge in [0, 0.05) is 11.5 Å². The second kappa shape index (κ2) is 9.10. The van der Waals surface area contributed by atoms with Crippen LogP contribution < -0.4 is 14.2 Å². The van der Waals surface area contributed by atoms with Gasteiger partial charge in [-0.25, -0.2) is 4.98 Å². The number of rotatable bonds is 7. The zero-order valence-electron chi connectivity index (χ0n) is 16.6. The molecule has 0 atom stereocenters. The fourth-order valence-corrected chi connectivity index (χ4v) is 4.09. The van der Waals surface area contributed by atoms with Crippen LogP contribution in [0.25, 0.3) is 6.08 Å². The van der Waals surface area contributed by atoms with Crippen LogP contribution in [0.1, 0.15) is 16.8 Å². The smallest absolute Gasteiger partial charge is 0.339 e. The second-order valence-electron chi connectivity index (χ2n) is 6.38. The van der Waals surface area contributed by atoms with Crippen molar-refractivity contribution in [2.75, 3.05) is 12.4 Å². The number of aromatic nitrogens is 1. The highest BCUT2D eigenvalue weighted by atomic mass is 32.2. The minimum Gasteiger partial charge on any atom is -0.493 e. The first kappa shape index (κ1) is 21.5. The summed E-state index contributed by atoms with van der Waals surface area (Å²) in [6, 6.07) is 11.0. The third kappa shape index (κ3) is 5.46. The molecule has 0 aliphatic rings. The third-order valence-electron chi connectivity index (χ3n) is 3.97. The van der Waals surface area contributed by atoms with Gasteiger partial charge in [-0.2, -0.15) is 8.42 Å². The fraction of sp³-hybridized carbons (Fsp3) is 0.143. The van der Waals surface area contributed by atoms with E-state index in [0.717, 1.165) is 11.3 Å². The number of hydrogen-bond acceptors (Lipinski definition) is 7. The van der Waals surface area contributed by atoms with Crippen molar-refractivity contribution in [1.82, 2.24) is 4.98 Å². The maximum absolute atomic E-state index is 12.5. The zero-order valence-corrected chi connectivity index (χ0v) is 18.2. The second-order valence-corrected chi connectivity index (χ2v) is 8.78. The van der Waals surface area contributed by atoms with E-state index in [1.165, 1.54) is 42.7 Å². The first-order valence-electron chi connectivity index (χ1n) is 8.87. The quantitative estimate of drug-likeness (QED) is 0.434. The summed E-state index contributed by atoms with van der Waals surface area (Å²) in [6.45, 7) is 3.71. The number of nitrogens with zero attached hydrogens (tertiary/aromatic N) is 1. The van der Waals surface area contributed by atoms with Crippen molar-refractivity contribution in [3.63, 3.8) is 0 Å². The number of thiazole rings is 1. The summed E-state index contributed by atoms with van der Waals surface area (Å²) in [4.78, 5) is 16.2. The largest absolute Gasteiger partial charge is 0.493 e. The van der Waals surface area contributed by atoms with Crippen LogP contribution in [0.4, 0.5) is 5.13 Å². The van der Waals surface area contributed by atoms with Crippen molar-refractivity contribution in [3.05, 3.63) is 70.7 Å². The first-order chi connectivity index (χ1) is 14.3. The Morgan fingerprint density at radius 1 is 1.10 bits per heavy atom. The molecule has 0 spiro atoms. The summed E-state index contributed by atoms with van der Waals surface area (Å²) in [5, 5.41) is 5.03. The average molecular weight is 445 g/mol. The van der Waals surface area contributed by atoms with Crippen molar-refractivity contribution in [3.8, 4) is 11.5 Å². The molecule has 9 heteroatoms. The Kier molecular flexibility index (Phi) is 6.53. The van der Waals surface area contributed by atoms with Gasteiger partial charge in [0.2, 0.25) is 5.91 Å². The summed E-state index contributed by atoms with van der Waals surface area (Å²) in [5.41, 5.74) is 2.41. The van der Waals surface area contributed by atoms with E-state index in [1.807, 2.05) is 19.2 Å². The lowest BCUT2D eigenvalue weighted by atomic mass is 10.2. The van der Waals surface area contributed by atoms with Crippen LogP contribution in [-0.2, 0) is 14.9 Å². The van der Waals surface area contributed by atoms with E-state index in [9.17, 15) is 13.2 Å². The molecule has 0 unspecified atom stereocenters. The minimum absolute atomic E-state index is 0.0493. The van der Waals surface area contributed by atoms with Gasteiger partial charge in [0.15, 0.2) is 16.6 Å². The molecule has 0 aliphatic heterocycles. The standard InChI is InChI=1S/C21H20N2O5S2/c1-14-4-8-17(9-5-14)30(25,26)28-18-10-6-16(12-19(18)27-3)7-11-20(24)23-21-22-15(2)13-29-21/h4-13H,1-3H3,(H,22,23,24)/b11-7+. The van der Waals surface area contributed by atoms with Gasteiger partial charge in [-0.3, -0.25) is 10.1 Å². The fourth-order valence-electron chi connectivity index (χ4n) is 2.46. The molecule has 0 aliphatic carbocycles. The highest BCUT2D eigenvalue weighted by Crippen LogP contribution is 2.31. The Labute approximate surface area is 179 Å². The van der Waals surface area contributed by atoms with Gasteiger partial charge < -0.3 is 8.92 Å². The number of methoxy groups -OCH3 is 1. The molecule has 0 bridgehead atoms. The van der Waals surface area contributed by atoms with Gasteiger partial charge in [-0.1, -0.05) is 23.8 Å². The van der Waals surface area contributed by atoms with Crippen molar-refractivity contribution in [2.24, 2.45) is 0 Å². The number of benzene rings is 2. The number of amides is 1. The van der Waals surface area contributed by atoms with E-state index in [4.69, 9.17) is 8.92 Å². The topological polar surface area (TPSA) is 94.6 Å². The molecule has 1 N–H and O–H groups in total. The Morgan fingerprint density at radius 2 is 1.83 bits per heavy atom. The van der Waals surface area contributed by atoms with Crippen molar-refractivity contribution >= 4 is 38.6 Å². The molecule has 30 heavy (non-hydrogen) atoms. The van der Waals surface area contributed by atoms with E-state index in [0.29, 0.717) is 10.7 Å². The lowest BCUT2D eigenvalue weighted by molar-refractivity contribution is -0.111. The number of aryl methyl sites for hydroxylation is 2. The highest BCUT2D eigenvalue weighted by Gasteiger charge is 2.19. The predicted octanol–water partition coefficient (Wildman–Crippen LogP) is 4.19. The maximum Gasteiger partial charge on any atom is 0.339 e. The molecule has 3 aromatic rings. The van der Waals surface area contributed by atoms with Gasteiger partial charge in [-0.15, -0.1) is 11.3 Å². The SMILES string of the molecule is COc1cc(/C=C/C(=O)Nc2nc(C)cs2)ccc1OS(=O)(=O)c1ccc(C)cc1. The van der Waals surface area contributed by atoms with Crippen molar-refractivity contribution < 1.29 is 22.1 Å². The number of hydrogen-bond donors (Lipinski definition) is 1. The molecule has 2 aromatic carbocycles. The molecular formula is C21H20N2O5S2. The number of carbonyl (C=O) groups is 1. The molecule has 1 amide bonds.